The second-order valence-electron chi connectivity index (χ2n) is 5.57. The summed E-state index contributed by atoms with van der Waals surface area (Å²) in [7, 11) is 1.32. The van der Waals surface area contributed by atoms with Gasteiger partial charge in [0.2, 0.25) is 0 Å². The Morgan fingerprint density at radius 1 is 1.30 bits per heavy atom. The van der Waals surface area contributed by atoms with E-state index in [4.69, 9.17) is 12.2 Å². The lowest BCUT2D eigenvalue weighted by Gasteiger charge is -2.16. The molecular weight excluding hydrogens is 387 g/mol. The van der Waals surface area contributed by atoms with Gasteiger partial charge in [-0.05, 0) is 42.0 Å². The van der Waals surface area contributed by atoms with E-state index >= 15 is 0 Å². The lowest BCUT2D eigenvalue weighted by molar-refractivity contribution is -0.121. The predicted molar refractivity (Wildman–Crippen MR) is 108 cm³/mol. The number of esters is 1. The number of benzene rings is 2. The van der Waals surface area contributed by atoms with Crippen molar-refractivity contribution in [1.29, 1.82) is 0 Å². The summed E-state index contributed by atoms with van der Waals surface area (Å²) in [6, 6.07) is 12.7. The molecule has 2 aromatic rings. The van der Waals surface area contributed by atoms with E-state index in [1.807, 2.05) is 0 Å². The maximum absolute atomic E-state index is 13.2. The molecule has 1 aliphatic rings. The van der Waals surface area contributed by atoms with Crippen LogP contribution in [0.1, 0.15) is 15.9 Å². The zero-order valence-corrected chi connectivity index (χ0v) is 15.9. The summed E-state index contributed by atoms with van der Waals surface area (Å²) in [5.41, 5.74) is 1.76. The molecule has 1 amide bonds. The lowest BCUT2D eigenvalue weighted by atomic mass is 10.1. The molecule has 1 saturated heterocycles. The van der Waals surface area contributed by atoms with Gasteiger partial charge in [0.05, 0.1) is 24.2 Å². The van der Waals surface area contributed by atoms with E-state index in [-0.39, 0.29) is 18.4 Å². The quantitative estimate of drug-likeness (QED) is 0.465. The minimum absolute atomic E-state index is 0.146. The molecule has 0 saturated carbocycles. The van der Waals surface area contributed by atoms with Crippen molar-refractivity contribution in [2.75, 3.05) is 19.1 Å². The van der Waals surface area contributed by atoms with Crippen LogP contribution in [-0.2, 0) is 9.53 Å². The van der Waals surface area contributed by atoms with Crippen molar-refractivity contribution in [3.63, 3.8) is 0 Å². The van der Waals surface area contributed by atoms with Crippen LogP contribution < -0.4 is 5.32 Å². The Kier molecular flexibility index (Phi) is 5.88. The summed E-state index contributed by atoms with van der Waals surface area (Å²) in [4.78, 5) is 26.0. The summed E-state index contributed by atoms with van der Waals surface area (Å²) in [6.45, 7) is 0.146. The van der Waals surface area contributed by atoms with Crippen molar-refractivity contribution >= 4 is 51.9 Å². The Bertz CT molecular complexity index is 929. The van der Waals surface area contributed by atoms with Gasteiger partial charge < -0.3 is 10.1 Å². The van der Waals surface area contributed by atoms with Crippen molar-refractivity contribution in [2.45, 2.75) is 0 Å². The van der Waals surface area contributed by atoms with Gasteiger partial charge in [-0.15, -0.1) is 0 Å². The topological polar surface area (TPSA) is 58.6 Å². The molecule has 8 heteroatoms. The number of carbonyl (C=O) groups excluding carboxylic acids is 2. The molecule has 0 radical (unpaired) electrons. The minimum atomic E-state index is -0.420. The number of hydrogen-bond donors (Lipinski definition) is 1. The summed E-state index contributed by atoms with van der Waals surface area (Å²) in [6.07, 6.45) is 1.71. The van der Waals surface area contributed by atoms with Crippen molar-refractivity contribution in [2.24, 2.45) is 0 Å². The highest BCUT2D eigenvalue weighted by atomic mass is 32.2. The number of anilines is 1. The number of rotatable bonds is 5. The smallest absolute Gasteiger partial charge is 0.337 e. The van der Waals surface area contributed by atoms with Gasteiger partial charge in [0, 0.05) is 5.69 Å². The van der Waals surface area contributed by atoms with Crippen molar-refractivity contribution in [1.82, 2.24) is 4.90 Å². The van der Waals surface area contributed by atoms with Crippen LogP contribution in [0.3, 0.4) is 0 Å². The van der Waals surface area contributed by atoms with Crippen LogP contribution in [0.4, 0.5) is 10.1 Å². The molecule has 1 aliphatic heterocycles. The van der Waals surface area contributed by atoms with Crippen LogP contribution in [0.25, 0.3) is 6.08 Å². The van der Waals surface area contributed by atoms with Gasteiger partial charge in [0.15, 0.2) is 0 Å². The van der Waals surface area contributed by atoms with Crippen LogP contribution in [0, 0.1) is 5.82 Å². The third kappa shape index (κ3) is 4.53. The van der Waals surface area contributed by atoms with Crippen molar-refractivity contribution in [3.05, 3.63) is 70.4 Å². The Hall–Kier alpha value is -2.71. The number of carbonyl (C=O) groups is 2. The number of nitrogens with one attached hydrogen (secondary N) is 1. The van der Waals surface area contributed by atoms with Gasteiger partial charge in [0.1, 0.15) is 10.1 Å². The van der Waals surface area contributed by atoms with Crippen molar-refractivity contribution < 1.29 is 18.7 Å². The van der Waals surface area contributed by atoms with Gasteiger partial charge in [-0.2, -0.15) is 0 Å². The van der Waals surface area contributed by atoms with Gasteiger partial charge >= 0.3 is 5.97 Å². The highest BCUT2D eigenvalue weighted by Gasteiger charge is 2.31. The number of thioether (sulfide) groups is 1. The summed E-state index contributed by atoms with van der Waals surface area (Å²) in [5.74, 6) is -1.01. The molecule has 0 atom stereocenters. The number of halogens is 1. The van der Waals surface area contributed by atoms with Crippen LogP contribution in [0.2, 0.25) is 0 Å². The van der Waals surface area contributed by atoms with E-state index < -0.39 is 5.97 Å². The third-order valence-corrected chi connectivity index (χ3v) is 5.15. The highest BCUT2D eigenvalue weighted by molar-refractivity contribution is 8.26. The van der Waals surface area contributed by atoms with E-state index in [1.54, 1.807) is 42.5 Å². The average molecular weight is 402 g/mol. The first-order valence-corrected chi connectivity index (χ1v) is 9.13. The van der Waals surface area contributed by atoms with Crippen molar-refractivity contribution in [3.8, 4) is 0 Å². The molecule has 0 spiro atoms. The lowest BCUT2D eigenvalue weighted by Crippen LogP contribution is -2.33. The zero-order chi connectivity index (χ0) is 19.4. The molecule has 3 rings (SSSR count). The molecule has 138 valence electrons. The SMILES string of the molecule is COC(=O)c1ccc(/C=C2/SC(=S)N(CNc3cccc(F)c3)C2=O)cc1. The van der Waals surface area contributed by atoms with E-state index in [0.29, 0.717) is 20.5 Å². The first kappa shape index (κ1) is 19.1. The monoisotopic (exact) mass is 402 g/mol. The molecular formula is C19H15FN2O3S2. The summed E-state index contributed by atoms with van der Waals surface area (Å²) in [5, 5.41) is 2.98. The molecule has 0 unspecified atom stereocenters. The van der Waals surface area contributed by atoms with E-state index in [1.165, 1.54) is 35.9 Å². The predicted octanol–water partition coefficient (Wildman–Crippen LogP) is 3.88. The Morgan fingerprint density at radius 2 is 2.04 bits per heavy atom. The number of ether oxygens (including phenoxy) is 1. The Labute approximate surface area is 165 Å². The van der Waals surface area contributed by atoms with Gasteiger partial charge in [-0.1, -0.05) is 42.2 Å². The van der Waals surface area contributed by atoms with E-state index in [0.717, 1.165) is 5.56 Å². The normalized spacial score (nSPS) is 15.3. The van der Waals surface area contributed by atoms with Gasteiger partial charge in [-0.25, -0.2) is 9.18 Å². The second kappa shape index (κ2) is 8.32. The molecule has 2 aromatic carbocycles. The fourth-order valence-electron chi connectivity index (χ4n) is 2.39. The standard InChI is InChI=1S/C19H15FN2O3S2/c1-25-18(24)13-7-5-12(6-8-13)9-16-17(23)22(19(26)27-16)11-21-15-4-2-3-14(20)10-15/h2-10,21H,11H2,1H3/b16-9+. The summed E-state index contributed by atoms with van der Waals surface area (Å²) >= 11 is 6.47. The van der Waals surface area contributed by atoms with Gasteiger partial charge in [0.25, 0.3) is 5.91 Å². The second-order valence-corrected chi connectivity index (χ2v) is 7.24. The van der Waals surface area contributed by atoms with Crippen LogP contribution in [0.15, 0.2) is 53.4 Å². The van der Waals surface area contributed by atoms with Crippen LogP contribution >= 0.6 is 24.0 Å². The molecule has 1 heterocycles. The number of amides is 1. The van der Waals surface area contributed by atoms with Crippen LogP contribution in [-0.4, -0.2) is 34.9 Å². The first-order valence-electron chi connectivity index (χ1n) is 7.91. The largest absolute Gasteiger partial charge is 0.465 e. The molecule has 1 fully saturated rings. The maximum atomic E-state index is 13.2. The molecule has 0 aliphatic carbocycles. The Morgan fingerprint density at radius 3 is 2.70 bits per heavy atom. The molecule has 0 aromatic heterocycles. The number of methoxy groups -OCH3 is 1. The molecule has 27 heavy (non-hydrogen) atoms. The maximum Gasteiger partial charge on any atom is 0.337 e. The molecule has 1 N–H and O–H groups in total. The van der Waals surface area contributed by atoms with E-state index in [2.05, 4.69) is 10.1 Å². The van der Waals surface area contributed by atoms with E-state index in [9.17, 15) is 14.0 Å². The highest BCUT2D eigenvalue weighted by Crippen LogP contribution is 2.32. The van der Waals surface area contributed by atoms with Gasteiger partial charge in [-0.3, -0.25) is 9.69 Å². The first-order chi connectivity index (χ1) is 13.0. The third-order valence-electron chi connectivity index (χ3n) is 3.77. The minimum Gasteiger partial charge on any atom is -0.465 e. The average Bonchev–Trinajstić information content (AvgIpc) is 2.93. The fraction of sp³-hybridized carbons (Fsp3) is 0.105. The molecule has 5 nitrogen and oxygen atoms in total. The number of nitrogens with zero attached hydrogens (tertiary/aromatic N) is 1. The molecule has 0 bridgehead atoms. The summed E-state index contributed by atoms with van der Waals surface area (Å²) < 4.78 is 18.3. The fourth-order valence-corrected chi connectivity index (χ4v) is 3.64. The zero-order valence-electron chi connectivity index (χ0n) is 14.3. The van der Waals surface area contributed by atoms with Crippen LogP contribution in [0.5, 0.6) is 0 Å². The number of hydrogen-bond acceptors (Lipinski definition) is 6. The Balaban J connectivity index is 1.69. The number of thiocarbonyl (C=S) groups is 1.